The van der Waals surface area contributed by atoms with Crippen LogP contribution in [0, 0.1) is 0 Å². The lowest BCUT2D eigenvalue weighted by atomic mass is 10.7. The monoisotopic (exact) mass is 178 g/mol. The summed E-state index contributed by atoms with van der Waals surface area (Å²) in [6.07, 6.45) is 0. The molecule has 0 aliphatic heterocycles. The van der Waals surface area contributed by atoms with Crippen LogP contribution in [0.3, 0.4) is 0 Å². The Balaban J connectivity index is 4.36. The lowest BCUT2D eigenvalue weighted by Crippen LogP contribution is -2.20. The molecule has 0 spiro atoms. The summed E-state index contributed by atoms with van der Waals surface area (Å²) in [5.74, 6) is -0.657. The van der Waals surface area contributed by atoms with Gasteiger partial charge in [-0.2, -0.15) is 0 Å². The largest absolute Gasteiger partial charge is 0.628 e. The van der Waals surface area contributed by atoms with Gasteiger partial charge in [0.25, 0.3) is 0 Å². The molecule has 1 atom stereocenters. The van der Waals surface area contributed by atoms with Gasteiger partial charge in [-0.15, -0.1) is 0 Å². The van der Waals surface area contributed by atoms with Gasteiger partial charge in [-0.1, -0.05) is 0 Å². The maximum absolute atomic E-state index is 10.8. The van der Waals surface area contributed by atoms with Crippen LogP contribution in [0.25, 0.3) is 0 Å². The van der Waals surface area contributed by atoms with Crippen LogP contribution in [0.15, 0.2) is 0 Å². The zero-order valence-electron chi connectivity index (χ0n) is 6.79. The normalized spacial score (nSPS) is 12.4. The van der Waals surface area contributed by atoms with E-state index in [1.165, 1.54) is 13.8 Å². The minimum absolute atomic E-state index is 0.0926. The predicted molar refractivity (Wildman–Crippen MR) is 41.5 cm³/mol. The molecular weight excluding hydrogens is 167 g/mol. The van der Waals surface area contributed by atoms with E-state index in [0.717, 1.165) is 0 Å². The number of ether oxygens (including phenoxy) is 2. The van der Waals surface area contributed by atoms with Gasteiger partial charge in [0, 0.05) is 0 Å². The predicted octanol–water partition coefficient (Wildman–Crippen LogP) is -0.287. The van der Waals surface area contributed by atoms with E-state index < -0.39 is 13.7 Å². The molecule has 0 rings (SSSR count). The molecule has 0 aliphatic rings. The zero-order valence-corrected chi connectivity index (χ0v) is 7.68. The molecule has 0 N–H and O–H groups in total. The van der Waals surface area contributed by atoms with Crippen LogP contribution >= 0.6 is 7.77 Å². The summed E-state index contributed by atoms with van der Waals surface area (Å²) in [5, 5.41) is 0. The lowest BCUT2D eigenvalue weighted by molar-refractivity contribution is -0.152. The van der Waals surface area contributed by atoms with Gasteiger partial charge in [-0.25, -0.2) is 4.79 Å². The van der Waals surface area contributed by atoms with Crippen LogP contribution in [0.5, 0.6) is 0 Å². The van der Waals surface area contributed by atoms with E-state index in [4.69, 9.17) is 4.74 Å². The van der Waals surface area contributed by atoms with Crippen molar-refractivity contribution in [3.05, 3.63) is 0 Å². The highest BCUT2D eigenvalue weighted by Gasteiger charge is 2.18. The van der Waals surface area contributed by atoms with E-state index in [2.05, 4.69) is 4.74 Å². The van der Waals surface area contributed by atoms with Crippen molar-refractivity contribution in [2.24, 2.45) is 0 Å². The lowest BCUT2D eigenvalue weighted by Gasteiger charge is -2.01. The molecule has 0 heterocycles. The Bertz CT molecular complexity index is 171. The maximum Gasteiger partial charge on any atom is 0.406 e. The van der Waals surface area contributed by atoms with Crippen LogP contribution < -0.4 is 4.89 Å². The fraction of sp³-hybridized carbons (Fsp3) is 0.667. The van der Waals surface area contributed by atoms with Gasteiger partial charge in [-0.05, 0) is 6.92 Å². The van der Waals surface area contributed by atoms with Gasteiger partial charge in [0.15, 0.2) is 0 Å². The Morgan fingerprint density at radius 1 is 1.64 bits per heavy atom. The second-order valence-corrected chi connectivity index (χ2v) is 3.13. The highest BCUT2D eigenvalue weighted by molar-refractivity contribution is 7.52. The van der Waals surface area contributed by atoms with Crippen LogP contribution in [0.1, 0.15) is 6.92 Å². The van der Waals surface area contributed by atoms with E-state index in [1.54, 1.807) is 6.92 Å². The Morgan fingerprint density at radius 2 is 2.18 bits per heavy atom. The van der Waals surface area contributed by atoms with Crippen molar-refractivity contribution in [3.63, 3.8) is 0 Å². The molecule has 1 unspecified atom stereocenters. The standard InChI is InChI=1S/C6H11O4P/c1-4-10-6(11(3)8)5(7)9-2/h4H2,1-3H3. The fourth-order valence-corrected chi connectivity index (χ4v) is 1.16. The van der Waals surface area contributed by atoms with Crippen molar-refractivity contribution in [2.75, 3.05) is 20.4 Å². The number of esters is 1. The molecule has 0 aromatic carbocycles. The third kappa shape index (κ3) is 3.46. The van der Waals surface area contributed by atoms with E-state index in [9.17, 15) is 9.69 Å². The summed E-state index contributed by atoms with van der Waals surface area (Å²) in [6, 6.07) is 0. The number of carbonyl (C=O) groups is 1. The minimum atomic E-state index is -1.75. The Morgan fingerprint density at radius 3 is 2.45 bits per heavy atom. The summed E-state index contributed by atoms with van der Waals surface area (Å²) in [6.45, 7) is 3.43. The highest BCUT2D eigenvalue weighted by atomic mass is 31.1. The van der Waals surface area contributed by atoms with Crippen molar-refractivity contribution in [1.29, 1.82) is 0 Å². The third-order valence-electron chi connectivity index (χ3n) is 0.927. The summed E-state index contributed by atoms with van der Waals surface area (Å²) in [4.78, 5) is 21.6. The SMILES string of the molecule is CCO/C(C(=O)OC)=[P+](/C)[O-]. The molecule has 11 heavy (non-hydrogen) atoms. The molecule has 0 saturated carbocycles. The van der Waals surface area contributed by atoms with E-state index >= 15 is 0 Å². The molecule has 0 amide bonds. The van der Waals surface area contributed by atoms with Crippen LogP contribution in [0.4, 0.5) is 0 Å². The summed E-state index contributed by atoms with van der Waals surface area (Å²) in [5.41, 5.74) is -0.0926. The number of rotatable bonds is 3. The molecule has 0 aromatic heterocycles. The molecule has 64 valence electrons. The molecule has 4 nitrogen and oxygen atoms in total. The average molecular weight is 178 g/mol. The first-order chi connectivity index (χ1) is 5.13. The number of hydrogen-bond donors (Lipinski definition) is 0. The molecule has 0 aromatic rings. The van der Waals surface area contributed by atoms with Crippen molar-refractivity contribution in [2.45, 2.75) is 6.92 Å². The van der Waals surface area contributed by atoms with Gasteiger partial charge >= 0.3 is 11.4 Å². The molecule has 0 saturated heterocycles. The second kappa shape index (κ2) is 5.24. The third-order valence-corrected chi connectivity index (χ3v) is 1.81. The van der Waals surface area contributed by atoms with E-state index in [-0.39, 0.29) is 5.48 Å². The van der Waals surface area contributed by atoms with E-state index in [0.29, 0.717) is 6.61 Å². The Labute approximate surface area is 66.6 Å². The molecule has 0 bridgehead atoms. The highest BCUT2D eigenvalue weighted by Crippen LogP contribution is 2.08. The second-order valence-electron chi connectivity index (χ2n) is 1.73. The summed E-state index contributed by atoms with van der Waals surface area (Å²) < 4.78 is 9.16. The molecule has 0 radical (unpaired) electrons. The van der Waals surface area contributed by atoms with E-state index in [1.807, 2.05) is 0 Å². The number of carbonyl (C=O) groups excluding carboxylic acids is 1. The maximum atomic E-state index is 10.8. The summed E-state index contributed by atoms with van der Waals surface area (Å²) in [7, 11) is -0.523. The first-order valence-electron chi connectivity index (χ1n) is 3.12. The number of methoxy groups -OCH3 is 1. The van der Waals surface area contributed by atoms with Gasteiger partial charge in [-0.3, -0.25) is 0 Å². The van der Waals surface area contributed by atoms with Crippen molar-refractivity contribution in [3.8, 4) is 0 Å². The first kappa shape index (κ1) is 10.6. The summed E-state index contributed by atoms with van der Waals surface area (Å²) >= 11 is 0. The van der Waals surface area contributed by atoms with Crippen molar-refractivity contribution >= 4 is 19.2 Å². The van der Waals surface area contributed by atoms with Gasteiger partial charge in [0.2, 0.25) is 0 Å². The number of hydrogen-bond acceptors (Lipinski definition) is 4. The van der Waals surface area contributed by atoms with Crippen LogP contribution in [-0.4, -0.2) is 31.8 Å². The minimum Gasteiger partial charge on any atom is -0.628 e. The zero-order chi connectivity index (χ0) is 8.85. The topological polar surface area (TPSA) is 58.6 Å². The van der Waals surface area contributed by atoms with Gasteiger partial charge in [0.05, 0.1) is 28.2 Å². The van der Waals surface area contributed by atoms with Crippen LogP contribution in [-0.2, 0) is 14.3 Å². The molecular formula is C6H11O4P. The molecule has 0 aliphatic carbocycles. The fourth-order valence-electron chi connectivity index (χ4n) is 0.502. The van der Waals surface area contributed by atoms with Gasteiger partial charge in [0.1, 0.15) is 0 Å². The average Bonchev–Trinajstić information content (AvgIpc) is 1.98. The first-order valence-corrected chi connectivity index (χ1v) is 4.83. The Hall–Kier alpha value is -0.440. The quantitative estimate of drug-likeness (QED) is 0.440. The van der Waals surface area contributed by atoms with Crippen molar-refractivity contribution < 1.29 is 19.2 Å². The smallest absolute Gasteiger partial charge is 0.406 e. The Kier molecular flexibility index (Phi) is 5.03. The van der Waals surface area contributed by atoms with Crippen LogP contribution in [0.2, 0.25) is 0 Å². The van der Waals surface area contributed by atoms with Gasteiger partial charge < -0.3 is 14.4 Å². The molecule has 0 fully saturated rings. The molecule has 5 heteroatoms. The van der Waals surface area contributed by atoms with Crippen molar-refractivity contribution in [1.82, 2.24) is 0 Å².